The van der Waals surface area contributed by atoms with Crippen LogP contribution in [-0.2, 0) is 10.0 Å². The van der Waals surface area contributed by atoms with Crippen LogP contribution in [0.5, 0.6) is 0 Å². The predicted octanol–water partition coefficient (Wildman–Crippen LogP) is 0.420. The van der Waals surface area contributed by atoms with Crippen molar-refractivity contribution in [3.63, 3.8) is 0 Å². The van der Waals surface area contributed by atoms with E-state index in [1.807, 2.05) is 0 Å². The smallest absolute Gasteiger partial charge is 0.242 e. The minimum atomic E-state index is -3.38. The van der Waals surface area contributed by atoms with Gasteiger partial charge in [0.2, 0.25) is 10.0 Å². The Bertz CT molecular complexity index is 427. The van der Waals surface area contributed by atoms with Gasteiger partial charge in [-0.2, -0.15) is 0 Å². The van der Waals surface area contributed by atoms with Crippen molar-refractivity contribution in [3.8, 4) is 0 Å². The van der Waals surface area contributed by atoms with Gasteiger partial charge in [-0.1, -0.05) is 6.42 Å². The quantitative estimate of drug-likeness (QED) is 0.716. The number of hydrogen-bond acceptors (Lipinski definition) is 3. The first-order valence-corrected chi connectivity index (χ1v) is 6.97. The largest absolute Gasteiger partial charge is 0.366 e. The molecular formula is C10H17N3O2S. The van der Waals surface area contributed by atoms with Crippen molar-refractivity contribution in [2.75, 3.05) is 6.54 Å². The summed E-state index contributed by atoms with van der Waals surface area (Å²) in [5, 5.41) is 0. The van der Waals surface area contributed by atoms with E-state index in [-0.39, 0.29) is 16.9 Å². The van der Waals surface area contributed by atoms with Gasteiger partial charge in [0.1, 0.15) is 0 Å². The van der Waals surface area contributed by atoms with Crippen molar-refractivity contribution in [3.05, 3.63) is 18.5 Å². The van der Waals surface area contributed by atoms with E-state index in [4.69, 9.17) is 5.73 Å². The topological polar surface area (TPSA) is 88.0 Å². The van der Waals surface area contributed by atoms with Crippen molar-refractivity contribution in [1.82, 2.24) is 9.71 Å². The zero-order valence-electron chi connectivity index (χ0n) is 9.02. The molecule has 6 heteroatoms. The summed E-state index contributed by atoms with van der Waals surface area (Å²) in [5.41, 5.74) is 5.62. The third kappa shape index (κ3) is 2.28. The maximum Gasteiger partial charge on any atom is 0.242 e. The lowest BCUT2D eigenvalue weighted by Crippen LogP contribution is -2.39. The van der Waals surface area contributed by atoms with Gasteiger partial charge in [-0.3, -0.25) is 0 Å². The molecule has 1 aromatic heterocycles. The molecule has 5 nitrogen and oxygen atoms in total. The Balaban J connectivity index is 2.10. The lowest BCUT2D eigenvalue weighted by atomic mass is 10.1. The highest BCUT2D eigenvalue weighted by molar-refractivity contribution is 7.89. The molecule has 1 heterocycles. The Labute approximate surface area is 95.5 Å². The highest BCUT2D eigenvalue weighted by Crippen LogP contribution is 2.26. The fraction of sp³-hybridized carbons (Fsp3) is 0.600. The van der Waals surface area contributed by atoms with E-state index in [1.54, 1.807) is 12.3 Å². The van der Waals surface area contributed by atoms with Crippen LogP contribution in [0.25, 0.3) is 0 Å². The molecule has 1 fully saturated rings. The van der Waals surface area contributed by atoms with E-state index in [2.05, 4.69) is 9.71 Å². The molecule has 1 aliphatic carbocycles. The Kier molecular flexibility index (Phi) is 3.32. The first kappa shape index (κ1) is 11.6. The summed E-state index contributed by atoms with van der Waals surface area (Å²) in [6.45, 7) is 0.542. The molecule has 1 saturated carbocycles. The molecule has 0 amide bonds. The van der Waals surface area contributed by atoms with Crippen LogP contribution < -0.4 is 10.5 Å². The molecule has 1 aliphatic rings. The number of hydrogen-bond donors (Lipinski definition) is 3. The zero-order chi connectivity index (χ0) is 11.6. The molecule has 2 atom stereocenters. The van der Waals surface area contributed by atoms with Gasteiger partial charge in [-0.15, -0.1) is 0 Å². The van der Waals surface area contributed by atoms with Gasteiger partial charge in [0.05, 0.1) is 4.90 Å². The van der Waals surface area contributed by atoms with Crippen molar-refractivity contribution in [2.45, 2.75) is 30.2 Å². The zero-order valence-corrected chi connectivity index (χ0v) is 9.83. The number of aromatic amines is 1. The van der Waals surface area contributed by atoms with Gasteiger partial charge in [0, 0.05) is 18.4 Å². The number of rotatable bonds is 4. The van der Waals surface area contributed by atoms with Crippen LogP contribution in [0, 0.1) is 5.92 Å². The van der Waals surface area contributed by atoms with Crippen LogP contribution in [-0.4, -0.2) is 26.0 Å². The van der Waals surface area contributed by atoms with Gasteiger partial charge in [0.25, 0.3) is 0 Å². The van der Waals surface area contributed by atoms with E-state index in [9.17, 15) is 8.42 Å². The summed E-state index contributed by atoms with van der Waals surface area (Å²) in [5.74, 6) is 0.272. The summed E-state index contributed by atoms with van der Waals surface area (Å²) >= 11 is 0. The maximum atomic E-state index is 11.9. The number of sulfonamides is 1. The van der Waals surface area contributed by atoms with Crippen LogP contribution in [0.1, 0.15) is 19.3 Å². The van der Waals surface area contributed by atoms with Crippen molar-refractivity contribution >= 4 is 10.0 Å². The fourth-order valence-corrected chi connectivity index (χ4v) is 3.53. The average molecular weight is 243 g/mol. The SMILES string of the molecule is NCC1CCCC1NS(=O)(=O)c1cc[nH]c1. The second-order valence-corrected chi connectivity index (χ2v) is 5.92. The summed E-state index contributed by atoms with van der Waals surface area (Å²) < 4.78 is 26.6. The Morgan fingerprint density at radius 2 is 2.31 bits per heavy atom. The molecule has 0 aliphatic heterocycles. The fourth-order valence-electron chi connectivity index (χ4n) is 2.22. The molecule has 2 rings (SSSR count). The molecule has 4 N–H and O–H groups in total. The van der Waals surface area contributed by atoms with E-state index in [1.165, 1.54) is 6.20 Å². The molecule has 90 valence electrons. The standard InChI is InChI=1S/C10H17N3O2S/c11-6-8-2-1-3-10(8)13-16(14,15)9-4-5-12-7-9/h4-5,7-8,10,12-13H,1-3,6,11H2. The summed E-state index contributed by atoms with van der Waals surface area (Å²) in [4.78, 5) is 3.03. The Hall–Kier alpha value is -0.850. The highest BCUT2D eigenvalue weighted by Gasteiger charge is 2.30. The molecule has 0 spiro atoms. The van der Waals surface area contributed by atoms with Crippen LogP contribution in [0.4, 0.5) is 0 Å². The van der Waals surface area contributed by atoms with Crippen molar-refractivity contribution in [1.29, 1.82) is 0 Å². The maximum absolute atomic E-state index is 11.9. The van der Waals surface area contributed by atoms with Crippen LogP contribution in [0.2, 0.25) is 0 Å². The Morgan fingerprint density at radius 1 is 1.50 bits per heavy atom. The van der Waals surface area contributed by atoms with Crippen molar-refractivity contribution in [2.24, 2.45) is 11.7 Å². The van der Waals surface area contributed by atoms with E-state index < -0.39 is 10.0 Å². The summed E-state index contributed by atoms with van der Waals surface area (Å²) in [7, 11) is -3.38. The molecule has 0 aromatic carbocycles. The molecule has 0 bridgehead atoms. The van der Waals surface area contributed by atoms with Crippen LogP contribution in [0.3, 0.4) is 0 Å². The molecule has 2 unspecified atom stereocenters. The van der Waals surface area contributed by atoms with Gasteiger partial charge in [-0.25, -0.2) is 13.1 Å². The number of nitrogens with one attached hydrogen (secondary N) is 2. The first-order valence-electron chi connectivity index (χ1n) is 5.48. The molecular weight excluding hydrogens is 226 g/mol. The van der Waals surface area contributed by atoms with Gasteiger partial charge >= 0.3 is 0 Å². The average Bonchev–Trinajstić information content (AvgIpc) is 2.86. The molecule has 0 radical (unpaired) electrons. The second-order valence-electron chi connectivity index (χ2n) is 4.20. The lowest BCUT2D eigenvalue weighted by Gasteiger charge is -2.18. The second kappa shape index (κ2) is 4.57. The third-order valence-corrected chi connectivity index (χ3v) is 4.64. The van der Waals surface area contributed by atoms with E-state index >= 15 is 0 Å². The number of aromatic nitrogens is 1. The summed E-state index contributed by atoms with van der Waals surface area (Å²) in [6, 6.07) is 1.54. The van der Waals surface area contributed by atoms with E-state index in [0.29, 0.717) is 6.54 Å². The number of nitrogens with two attached hydrogens (primary N) is 1. The number of H-pyrrole nitrogens is 1. The predicted molar refractivity (Wildman–Crippen MR) is 61.3 cm³/mol. The van der Waals surface area contributed by atoms with Crippen LogP contribution in [0.15, 0.2) is 23.4 Å². The van der Waals surface area contributed by atoms with E-state index in [0.717, 1.165) is 19.3 Å². The van der Waals surface area contributed by atoms with Gasteiger partial charge < -0.3 is 10.7 Å². The van der Waals surface area contributed by atoms with Crippen LogP contribution >= 0.6 is 0 Å². The van der Waals surface area contributed by atoms with Gasteiger partial charge in [-0.05, 0) is 31.4 Å². The molecule has 16 heavy (non-hydrogen) atoms. The molecule has 1 aromatic rings. The minimum Gasteiger partial charge on any atom is -0.366 e. The third-order valence-electron chi connectivity index (χ3n) is 3.15. The van der Waals surface area contributed by atoms with Gasteiger partial charge in [0.15, 0.2) is 0 Å². The lowest BCUT2D eigenvalue weighted by molar-refractivity contribution is 0.453. The Morgan fingerprint density at radius 3 is 2.94 bits per heavy atom. The highest BCUT2D eigenvalue weighted by atomic mass is 32.2. The van der Waals surface area contributed by atoms with Crippen molar-refractivity contribution < 1.29 is 8.42 Å². The first-order chi connectivity index (χ1) is 7.63. The monoisotopic (exact) mass is 243 g/mol. The molecule has 0 saturated heterocycles. The normalized spacial score (nSPS) is 26.1. The minimum absolute atomic E-state index is 0.00935. The summed E-state index contributed by atoms with van der Waals surface area (Å²) in [6.07, 6.45) is 6.02.